The van der Waals surface area contributed by atoms with Crippen LogP contribution in [0.25, 0.3) is 0 Å². The lowest BCUT2D eigenvalue weighted by Gasteiger charge is -2.21. The van der Waals surface area contributed by atoms with E-state index < -0.39 is 0 Å². The van der Waals surface area contributed by atoms with E-state index >= 15 is 0 Å². The molecule has 0 aliphatic rings. The summed E-state index contributed by atoms with van der Waals surface area (Å²) in [4.78, 5) is 12.9. The zero-order valence-corrected chi connectivity index (χ0v) is 24.1. The highest BCUT2D eigenvalue weighted by Gasteiger charge is 2.15. The van der Waals surface area contributed by atoms with Crippen LogP contribution in [0.2, 0.25) is 0 Å². The van der Waals surface area contributed by atoms with Crippen molar-refractivity contribution in [2.45, 2.75) is 58.5 Å². The minimum absolute atomic E-state index is 0.0222. The Kier molecular flexibility index (Phi) is 12.0. The zero-order chi connectivity index (χ0) is 28.7. The van der Waals surface area contributed by atoms with Crippen LogP contribution in [-0.2, 0) is 40.3 Å². The highest BCUT2D eigenvalue weighted by Crippen LogP contribution is 2.16. The maximum absolute atomic E-state index is 12.9. The largest absolute Gasteiger partial charge is 0.489 e. The molecule has 4 aromatic carbocycles. The lowest BCUT2D eigenvalue weighted by Crippen LogP contribution is -2.40. The molecule has 4 rings (SSSR count). The third-order valence-electron chi connectivity index (χ3n) is 6.83. The number of nitrogens with one attached hydrogen (secondary N) is 1. The monoisotopic (exact) mass is 551 g/mol. The second-order valence-corrected chi connectivity index (χ2v) is 10.5. The minimum Gasteiger partial charge on any atom is -0.489 e. The highest BCUT2D eigenvalue weighted by atomic mass is 16.5. The van der Waals surface area contributed by atoms with E-state index in [9.17, 15) is 4.79 Å². The SMILES string of the molecule is Cc1ccc(COC(C)COC[C@H](Cc2ccc(OCc3ccccc3)cc2)NC(=O)CCc2ccccc2)cc1. The van der Waals surface area contributed by atoms with Gasteiger partial charge in [0.25, 0.3) is 0 Å². The second kappa shape index (κ2) is 16.4. The van der Waals surface area contributed by atoms with E-state index in [1.54, 1.807) is 0 Å². The first-order valence-corrected chi connectivity index (χ1v) is 14.4. The third kappa shape index (κ3) is 11.2. The van der Waals surface area contributed by atoms with Crippen LogP contribution in [0, 0.1) is 6.92 Å². The van der Waals surface area contributed by atoms with Gasteiger partial charge in [0.2, 0.25) is 5.91 Å². The molecule has 5 heteroatoms. The predicted octanol–water partition coefficient (Wildman–Crippen LogP) is 6.86. The Morgan fingerprint density at radius 2 is 1.32 bits per heavy atom. The van der Waals surface area contributed by atoms with Crippen molar-refractivity contribution in [3.8, 4) is 5.75 Å². The van der Waals surface area contributed by atoms with Gasteiger partial charge in [-0.05, 0) is 61.1 Å². The smallest absolute Gasteiger partial charge is 0.220 e. The molecule has 0 saturated heterocycles. The van der Waals surface area contributed by atoms with Gasteiger partial charge in [-0.3, -0.25) is 4.79 Å². The standard InChI is InChI=1S/C36H41NO4/c1-28-13-15-33(16-14-28)25-40-29(2)24-39-27-34(37-36(38)22-19-30-9-5-3-6-10-30)23-31-17-20-35(21-18-31)41-26-32-11-7-4-8-12-32/h3-18,20-21,29,34H,19,22-27H2,1-2H3,(H,37,38)/t29?,34-/m0/s1. The quantitative estimate of drug-likeness (QED) is 0.165. The Balaban J connectivity index is 1.28. The molecular weight excluding hydrogens is 510 g/mol. The maximum atomic E-state index is 12.9. The molecule has 0 bridgehead atoms. The van der Waals surface area contributed by atoms with E-state index in [0.29, 0.717) is 45.7 Å². The Morgan fingerprint density at radius 1 is 0.707 bits per heavy atom. The van der Waals surface area contributed by atoms with Gasteiger partial charge in [-0.25, -0.2) is 0 Å². The Morgan fingerprint density at radius 3 is 2.00 bits per heavy atom. The number of rotatable bonds is 16. The van der Waals surface area contributed by atoms with Crippen molar-refractivity contribution in [1.82, 2.24) is 5.32 Å². The normalized spacial score (nSPS) is 12.4. The number of hydrogen-bond acceptors (Lipinski definition) is 4. The molecule has 1 amide bonds. The van der Waals surface area contributed by atoms with Gasteiger partial charge >= 0.3 is 0 Å². The lowest BCUT2D eigenvalue weighted by atomic mass is 10.1. The summed E-state index contributed by atoms with van der Waals surface area (Å²) in [5.41, 5.74) is 5.77. The van der Waals surface area contributed by atoms with Crippen LogP contribution in [0.5, 0.6) is 5.75 Å². The number of hydrogen-bond donors (Lipinski definition) is 1. The summed E-state index contributed by atoms with van der Waals surface area (Å²) in [7, 11) is 0. The molecule has 214 valence electrons. The fraction of sp³-hybridized carbons (Fsp3) is 0.306. The molecule has 0 heterocycles. The predicted molar refractivity (Wildman–Crippen MR) is 164 cm³/mol. The summed E-state index contributed by atoms with van der Waals surface area (Å²) in [5.74, 6) is 0.839. The molecule has 0 saturated carbocycles. The molecule has 0 aliphatic heterocycles. The topological polar surface area (TPSA) is 56.8 Å². The van der Waals surface area contributed by atoms with Gasteiger partial charge in [-0.15, -0.1) is 0 Å². The molecule has 1 N–H and O–H groups in total. The number of carbonyl (C=O) groups excluding carboxylic acids is 1. The van der Waals surface area contributed by atoms with Crippen molar-refractivity contribution < 1.29 is 19.0 Å². The van der Waals surface area contributed by atoms with Crippen molar-refractivity contribution in [1.29, 1.82) is 0 Å². The fourth-order valence-electron chi connectivity index (χ4n) is 4.45. The highest BCUT2D eigenvalue weighted by molar-refractivity contribution is 5.76. The Hall–Kier alpha value is -3.93. The molecule has 0 spiro atoms. The number of carbonyl (C=O) groups is 1. The number of amides is 1. The van der Waals surface area contributed by atoms with E-state index in [0.717, 1.165) is 28.0 Å². The first-order chi connectivity index (χ1) is 20.0. The van der Waals surface area contributed by atoms with E-state index in [1.807, 2.05) is 79.7 Å². The second-order valence-electron chi connectivity index (χ2n) is 10.5. The minimum atomic E-state index is -0.154. The number of aryl methyl sites for hydroxylation is 2. The van der Waals surface area contributed by atoms with Crippen LogP contribution in [-0.4, -0.2) is 31.3 Å². The summed E-state index contributed by atoms with van der Waals surface area (Å²) in [6.45, 7) is 6.01. The summed E-state index contributed by atoms with van der Waals surface area (Å²) in [6.07, 6.45) is 1.74. The van der Waals surface area contributed by atoms with Gasteiger partial charge in [0.05, 0.1) is 32.0 Å². The summed E-state index contributed by atoms with van der Waals surface area (Å²) in [5, 5.41) is 3.20. The number of ether oxygens (including phenoxy) is 3. The number of benzene rings is 4. The van der Waals surface area contributed by atoms with Crippen LogP contribution in [0.1, 0.15) is 41.2 Å². The van der Waals surface area contributed by atoms with Crippen LogP contribution in [0.15, 0.2) is 109 Å². The fourth-order valence-corrected chi connectivity index (χ4v) is 4.45. The van der Waals surface area contributed by atoms with Gasteiger partial charge in [0.15, 0.2) is 0 Å². The molecule has 0 aromatic heterocycles. The average molecular weight is 552 g/mol. The zero-order valence-electron chi connectivity index (χ0n) is 24.1. The van der Waals surface area contributed by atoms with Crippen LogP contribution >= 0.6 is 0 Å². The maximum Gasteiger partial charge on any atom is 0.220 e. The van der Waals surface area contributed by atoms with E-state index in [2.05, 4.69) is 48.6 Å². The van der Waals surface area contributed by atoms with Gasteiger partial charge < -0.3 is 19.5 Å². The molecule has 5 nitrogen and oxygen atoms in total. The van der Waals surface area contributed by atoms with Crippen LogP contribution in [0.3, 0.4) is 0 Å². The van der Waals surface area contributed by atoms with E-state index in [1.165, 1.54) is 5.56 Å². The van der Waals surface area contributed by atoms with Crippen molar-refractivity contribution in [3.05, 3.63) is 137 Å². The van der Waals surface area contributed by atoms with Crippen molar-refractivity contribution >= 4 is 5.91 Å². The average Bonchev–Trinajstić information content (AvgIpc) is 3.00. The summed E-state index contributed by atoms with van der Waals surface area (Å²) >= 11 is 0. The summed E-state index contributed by atoms with van der Waals surface area (Å²) in [6, 6.07) is 36.5. The first kappa shape index (κ1) is 30.0. The van der Waals surface area contributed by atoms with Crippen molar-refractivity contribution in [2.75, 3.05) is 13.2 Å². The Labute approximate surface area is 244 Å². The third-order valence-corrected chi connectivity index (χ3v) is 6.83. The van der Waals surface area contributed by atoms with Gasteiger partial charge in [-0.1, -0.05) is 103 Å². The van der Waals surface area contributed by atoms with Crippen LogP contribution in [0.4, 0.5) is 0 Å². The van der Waals surface area contributed by atoms with Gasteiger partial charge in [0, 0.05) is 6.42 Å². The Bertz CT molecular complexity index is 1290. The van der Waals surface area contributed by atoms with Gasteiger partial charge in [-0.2, -0.15) is 0 Å². The van der Waals surface area contributed by atoms with Crippen LogP contribution < -0.4 is 10.1 Å². The molecule has 0 aliphatic carbocycles. The van der Waals surface area contributed by atoms with Crippen molar-refractivity contribution in [3.63, 3.8) is 0 Å². The molecule has 1 unspecified atom stereocenters. The molecular formula is C36H41NO4. The molecule has 2 atom stereocenters. The van der Waals surface area contributed by atoms with E-state index in [4.69, 9.17) is 14.2 Å². The van der Waals surface area contributed by atoms with Gasteiger partial charge in [0.1, 0.15) is 12.4 Å². The van der Waals surface area contributed by atoms with Crippen molar-refractivity contribution in [2.24, 2.45) is 0 Å². The lowest BCUT2D eigenvalue weighted by molar-refractivity contribution is -0.122. The molecule has 0 fully saturated rings. The molecule has 4 aromatic rings. The summed E-state index contributed by atoms with van der Waals surface area (Å²) < 4.78 is 18.0. The molecule has 0 radical (unpaired) electrons. The first-order valence-electron chi connectivity index (χ1n) is 14.4. The van der Waals surface area contributed by atoms with E-state index in [-0.39, 0.29) is 18.1 Å². The molecule has 41 heavy (non-hydrogen) atoms.